The van der Waals surface area contributed by atoms with Crippen molar-refractivity contribution in [1.29, 1.82) is 0 Å². The summed E-state index contributed by atoms with van der Waals surface area (Å²) in [5.41, 5.74) is 12.5. The van der Waals surface area contributed by atoms with Gasteiger partial charge in [-0.3, -0.25) is 4.79 Å². The molecule has 1 saturated carbocycles. The molecule has 1 aliphatic carbocycles. The minimum absolute atomic E-state index is 0.0175. The van der Waals surface area contributed by atoms with Crippen LogP contribution in [0.15, 0.2) is 36.5 Å². The zero-order chi connectivity index (χ0) is 22.3. The molecule has 1 aromatic carbocycles. The smallest absolute Gasteiger partial charge is 0.264 e. The van der Waals surface area contributed by atoms with Crippen LogP contribution in [0.25, 0.3) is 10.9 Å². The van der Waals surface area contributed by atoms with Gasteiger partial charge in [-0.1, -0.05) is 6.07 Å². The lowest BCUT2D eigenvalue weighted by molar-refractivity contribution is -0.0555. The average molecular weight is 432 g/mol. The van der Waals surface area contributed by atoms with Crippen molar-refractivity contribution in [3.63, 3.8) is 0 Å². The summed E-state index contributed by atoms with van der Waals surface area (Å²) in [4.78, 5) is 16.1. The number of halogens is 3. The van der Waals surface area contributed by atoms with E-state index in [1.807, 2.05) is 36.0 Å². The summed E-state index contributed by atoms with van der Waals surface area (Å²) in [6.07, 6.45) is 2.17. The van der Waals surface area contributed by atoms with Gasteiger partial charge >= 0.3 is 0 Å². The number of alkyl halides is 2. The molecule has 7 nitrogen and oxygen atoms in total. The predicted molar refractivity (Wildman–Crippen MR) is 113 cm³/mol. The standard InChI is InChI=1S/C21H23F3N6O/c1-30-9-7-11-14(4-2-6-16(11)30)27-19-12(18(26)31)10-13(22)20(29-19)28-15-5-3-8-21(23,24)17(15)25/h2,4,6-7,9-10,15,17H,3,5,8,25H2,1H3,(H2,26,31)(H2,27,28,29)/t15-,17-/m1/s1. The Kier molecular flexibility index (Phi) is 5.26. The van der Waals surface area contributed by atoms with Gasteiger partial charge in [-0.2, -0.15) is 0 Å². The number of nitrogens with two attached hydrogens (primary N) is 2. The number of aryl methyl sites for hydroxylation is 1. The fraction of sp³-hybridized carbons (Fsp3) is 0.333. The van der Waals surface area contributed by atoms with Gasteiger partial charge in [0.15, 0.2) is 11.6 Å². The molecule has 1 fully saturated rings. The van der Waals surface area contributed by atoms with E-state index in [4.69, 9.17) is 11.5 Å². The Balaban J connectivity index is 1.71. The van der Waals surface area contributed by atoms with Crippen molar-refractivity contribution < 1.29 is 18.0 Å². The number of rotatable bonds is 5. The molecule has 0 aliphatic heterocycles. The van der Waals surface area contributed by atoms with Crippen LogP contribution in [0.1, 0.15) is 29.6 Å². The first kappa shape index (κ1) is 21.0. The highest BCUT2D eigenvalue weighted by atomic mass is 19.3. The molecule has 2 atom stereocenters. The zero-order valence-electron chi connectivity index (χ0n) is 16.8. The van der Waals surface area contributed by atoms with Crippen LogP contribution >= 0.6 is 0 Å². The highest BCUT2D eigenvalue weighted by Crippen LogP contribution is 2.35. The Morgan fingerprint density at radius 1 is 1.29 bits per heavy atom. The SMILES string of the molecule is Cn1ccc2c(Nc3nc(N[C@@H]4CCCC(F)(F)[C@@H]4N)c(F)cc3C(N)=O)cccc21. The molecule has 0 radical (unpaired) electrons. The van der Waals surface area contributed by atoms with Gasteiger partial charge in [0.1, 0.15) is 5.82 Å². The monoisotopic (exact) mass is 432 g/mol. The van der Waals surface area contributed by atoms with Crippen LogP contribution in [0, 0.1) is 5.82 Å². The third kappa shape index (κ3) is 3.90. The van der Waals surface area contributed by atoms with E-state index >= 15 is 0 Å². The molecule has 4 rings (SSSR count). The quantitative estimate of drug-likeness (QED) is 0.493. The molecule has 2 aromatic heterocycles. The molecule has 0 spiro atoms. The summed E-state index contributed by atoms with van der Waals surface area (Å²) in [5.74, 6) is -5.06. The van der Waals surface area contributed by atoms with Gasteiger partial charge in [-0.25, -0.2) is 18.2 Å². The maximum atomic E-state index is 14.7. The maximum absolute atomic E-state index is 14.7. The first-order valence-corrected chi connectivity index (χ1v) is 9.89. The van der Waals surface area contributed by atoms with Gasteiger partial charge in [0.05, 0.1) is 11.6 Å². The minimum Gasteiger partial charge on any atom is -0.365 e. The molecule has 0 bridgehead atoms. The van der Waals surface area contributed by atoms with Crippen LogP contribution in [0.3, 0.4) is 0 Å². The summed E-state index contributed by atoms with van der Waals surface area (Å²) in [7, 11) is 1.89. The van der Waals surface area contributed by atoms with Crippen LogP contribution in [0.2, 0.25) is 0 Å². The minimum atomic E-state index is -3.05. The number of primary amides is 1. The fourth-order valence-corrected chi connectivity index (χ4v) is 3.95. The molecule has 31 heavy (non-hydrogen) atoms. The Morgan fingerprint density at radius 3 is 2.81 bits per heavy atom. The normalized spacial score (nSPS) is 20.5. The molecule has 1 aliphatic rings. The second kappa shape index (κ2) is 7.77. The third-order valence-corrected chi connectivity index (χ3v) is 5.69. The lowest BCUT2D eigenvalue weighted by Gasteiger charge is -2.36. The maximum Gasteiger partial charge on any atom is 0.264 e. The number of carbonyl (C=O) groups is 1. The van der Waals surface area contributed by atoms with Crippen molar-refractivity contribution in [2.24, 2.45) is 18.5 Å². The van der Waals surface area contributed by atoms with Crippen LogP contribution in [-0.2, 0) is 7.05 Å². The van der Waals surface area contributed by atoms with Crippen molar-refractivity contribution in [3.05, 3.63) is 47.9 Å². The number of hydrogen-bond acceptors (Lipinski definition) is 5. The summed E-state index contributed by atoms with van der Waals surface area (Å²) in [6, 6.07) is 6.00. The van der Waals surface area contributed by atoms with E-state index < -0.39 is 29.7 Å². The topological polar surface area (TPSA) is 111 Å². The number of nitrogens with zero attached hydrogens (tertiary/aromatic N) is 2. The summed E-state index contributed by atoms with van der Waals surface area (Å²) < 4.78 is 44.6. The van der Waals surface area contributed by atoms with E-state index in [2.05, 4.69) is 15.6 Å². The van der Waals surface area contributed by atoms with Crippen LogP contribution in [0.4, 0.5) is 30.5 Å². The van der Waals surface area contributed by atoms with Crippen molar-refractivity contribution in [3.8, 4) is 0 Å². The predicted octanol–water partition coefficient (Wildman–Crippen LogP) is 3.48. The van der Waals surface area contributed by atoms with Crippen molar-refractivity contribution in [2.75, 3.05) is 10.6 Å². The molecule has 1 amide bonds. The second-order valence-electron chi connectivity index (χ2n) is 7.80. The number of anilines is 3. The lowest BCUT2D eigenvalue weighted by atomic mass is 9.87. The highest BCUT2D eigenvalue weighted by Gasteiger charge is 2.45. The summed E-state index contributed by atoms with van der Waals surface area (Å²) in [5, 5.41) is 6.59. The Bertz CT molecular complexity index is 1150. The number of fused-ring (bicyclic) bond motifs is 1. The second-order valence-corrected chi connectivity index (χ2v) is 7.80. The highest BCUT2D eigenvalue weighted by molar-refractivity contribution is 6.01. The molecule has 0 saturated heterocycles. The van der Waals surface area contributed by atoms with E-state index in [1.165, 1.54) is 0 Å². The van der Waals surface area contributed by atoms with E-state index in [1.54, 1.807) is 6.07 Å². The van der Waals surface area contributed by atoms with Crippen molar-refractivity contribution in [2.45, 2.75) is 37.3 Å². The van der Waals surface area contributed by atoms with Crippen LogP contribution in [-0.4, -0.2) is 33.5 Å². The molecular weight excluding hydrogens is 409 g/mol. The Hall–Kier alpha value is -3.27. The summed E-state index contributed by atoms with van der Waals surface area (Å²) in [6.45, 7) is 0. The zero-order valence-corrected chi connectivity index (χ0v) is 16.8. The van der Waals surface area contributed by atoms with Gasteiger partial charge < -0.3 is 26.7 Å². The van der Waals surface area contributed by atoms with Gasteiger partial charge in [-0.15, -0.1) is 0 Å². The van der Waals surface area contributed by atoms with Gasteiger partial charge in [0, 0.05) is 42.3 Å². The van der Waals surface area contributed by atoms with Gasteiger partial charge in [-0.05, 0) is 37.1 Å². The number of pyridine rings is 1. The third-order valence-electron chi connectivity index (χ3n) is 5.69. The Labute approximate surface area is 176 Å². The fourth-order valence-electron chi connectivity index (χ4n) is 3.95. The van der Waals surface area contributed by atoms with E-state index in [0.717, 1.165) is 17.0 Å². The first-order chi connectivity index (χ1) is 14.7. The summed E-state index contributed by atoms with van der Waals surface area (Å²) >= 11 is 0. The molecule has 10 heteroatoms. The average Bonchev–Trinajstić information content (AvgIpc) is 3.09. The van der Waals surface area contributed by atoms with E-state index in [9.17, 15) is 18.0 Å². The lowest BCUT2D eigenvalue weighted by Crippen LogP contribution is -2.55. The van der Waals surface area contributed by atoms with Crippen LogP contribution < -0.4 is 22.1 Å². The first-order valence-electron chi connectivity index (χ1n) is 9.89. The number of benzene rings is 1. The largest absolute Gasteiger partial charge is 0.365 e. The molecular formula is C21H23F3N6O. The van der Waals surface area contributed by atoms with Gasteiger partial charge in [0.2, 0.25) is 0 Å². The number of amides is 1. The van der Waals surface area contributed by atoms with Crippen LogP contribution in [0.5, 0.6) is 0 Å². The number of nitrogens with one attached hydrogen (secondary N) is 2. The van der Waals surface area contributed by atoms with E-state index in [-0.39, 0.29) is 30.0 Å². The van der Waals surface area contributed by atoms with E-state index in [0.29, 0.717) is 12.1 Å². The molecule has 0 unspecified atom stereocenters. The Morgan fingerprint density at radius 2 is 2.06 bits per heavy atom. The van der Waals surface area contributed by atoms with Crippen molar-refractivity contribution >= 4 is 34.1 Å². The number of carbonyl (C=O) groups excluding carboxylic acids is 1. The molecule has 164 valence electrons. The number of aromatic nitrogens is 2. The number of hydrogen-bond donors (Lipinski definition) is 4. The van der Waals surface area contributed by atoms with Crippen molar-refractivity contribution in [1.82, 2.24) is 9.55 Å². The molecule has 3 aromatic rings. The molecule has 2 heterocycles. The molecule has 6 N–H and O–H groups in total. The van der Waals surface area contributed by atoms with Gasteiger partial charge in [0.25, 0.3) is 11.8 Å².